The third-order valence-electron chi connectivity index (χ3n) is 2.43. The summed E-state index contributed by atoms with van der Waals surface area (Å²) < 4.78 is 49.5. The average molecular weight is 342 g/mol. The molecule has 0 saturated heterocycles. The Labute approximate surface area is 114 Å². The lowest BCUT2D eigenvalue weighted by Crippen LogP contribution is -2.23. The van der Waals surface area contributed by atoms with Crippen LogP contribution in [0.1, 0.15) is 13.8 Å². The molecule has 0 heterocycles. The molecule has 0 radical (unpaired) electrons. The quantitative estimate of drug-likeness (QED) is 0.837. The van der Waals surface area contributed by atoms with Crippen molar-refractivity contribution in [2.45, 2.75) is 19.1 Å². The molecule has 102 valence electrons. The maximum absolute atomic E-state index is 13.3. The van der Waals surface area contributed by atoms with E-state index < -0.39 is 26.7 Å². The van der Waals surface area contributed by atoms with Crippen LogP contribution in [0.25, 0.3) is 0 Å². The highest BCUT2D eigenvalue weighted by Gasteiger charge is 2.16. The molecule has 0 saturated carbocycles. The third kappa shape index (κ3) is 3.91. The summed E-state index contributed by atoms with van der Waals surface area (Å²) >= 11 is 2.93. The number of rotatable bonds is 5. The fourth-order valence-corrected chi connectivity index (χ4v) is 2.42. The van der Waals surface area contributed by atoms with Crippen LogP contribution in [0.2, 0.25) is 0 Å². The Kier molecular flexibility index (Phi) is 5.10. The molecule has 0 amide bonds. The smallest absolute Gasteiger partial charge is 0.154 e. The molecule has 1 aromatic rings. The van der Waals surface area contributed by atoms with Gasteiger partial charge in [0.25, 0.3) is 0 Å². The Morgan fingerprint density at radius 1 is 1.28 bits per heavy atom. The molecule has 18 heavy (non-hydrogen) atoms. The van der Waals surface area contributed by atoms with E-state index in [0.717, 1.165) is 6.07 Å². The number of nitrogens with one attached hydrogen (secondary N) is 1. The van der Waals surface area contributed by atoms with Gasteiger partial charge in [0.1, 0.15) is 11.6 Å². The second-order valence-electron chi connectivity index (χ2n) is 4.09. The van der Waals surface area contributed by atoms with E-state index in [9.17, 15) is 17.2 Å². The SMILES string of the molecule is CC(C)S(=O)(=O)CCNc1cc(Br)c(F)cc1F. The molecule has 1 N–H and O–H groups in total. The van der Waals surface area contributed by atoms with Gasteiger partial charge in [-0.2, -0.15) is 0 Å². The second-order valence-corrected chi connectivity index (χ2v) is 7.62. The highest BCUT2D eigenvalue weighted by Crippen LogP contribution is 2.23. The largest absolute Gasteiger partial charge is 0.382 e. The molecule has 0 fully saturated rings. The predicted molar refractivity (Wildman–Crippen MR) is 71.5 cm³/mol. The number of benzene rings is 1. The molecule has 7 heteroatoms. The summed E-state index contributed by atoms with van der Waals surface area (Å²) in [5.41, 5.74) is 0.0715. The molecule has 0 aliphatic heterocycles. The number of halogens is 3. The van der Waals surface area contributed by atoms with Crippen molar-refractivity contribution in [2.75, 3.05) is 17.6 Å². The Balaban J connectivity index is 2.68. The molecule has 0 spiro atoms. The van der Waals surface area contributed by atoms with E-state index in [0.29, 0.717) is 0 Å². The highest BCUT2D eigenvalue weighted by molar-refractivity contribution is 9.10. The van der Waals surface area contributed by atoms with Crippen molar-refractivity contribution >= 4 is 31.5 Å². The van der Waals surface area contributed by atoms with E-state index in [-0.39, 0.29) is 22.5 Å². The van der Waals surface area contributed by atoms with Crippen molar-refractivity contribution in [3.63, 3.8) is 0 Å². The van der Waals surface area contributed by atoms with Crippen LogP contribution in [-0.4, -0.2) is 26.0 Å². The van der Waals surface area contributed by atoms with Gasteiger partial charge >= 0.3 is 0 Å². The lowest BCUT2D eigenvalue weighted by atomic mass is 10.3. The first-order chi connectivity index (χ1) is 8.24. The van der Waals surface area contributed by atoms with Gasteiger partial charge in [-0.05, 0) is 35.8 Å². The van der Waals surface area contributed by atoms with Crippen molar-refractivity contribution in [1.82, 2.24) is 0 Å². The predicted octanol–water partition coefficient (Wildman–Crippen LogP) is 2.96. The fourth-order valence-electron chi connectivity index (χ4n) is 1.22. The van der Waals surface area contributed by atoms with Crippen LogP contribution in [0.3, 0.4) is 0 Å². The van der Waals surface area contributed by atoms with E-state index in [1.54, 1.807) is 13.8 Å². The van der Waals surface area contributed by atoms with Crippen LogP contribution in [0.15, 0.2) is 16.6 Å². The average Bonchev–Trinajstić information content (AvgIpc) is 2.25. The van der Waals surface area contributed by atoms with Gasteiger partial charge in [0.2, 0.25) is 0 Å². The fraction of sp³-hybridized carbons (Fsp3) is 0.455. The monoisotopic (exact) mass is 341 g/mol. The summed E-state index contributed by atoms with van der Waals surface area (Å²) in [6, 6.07) is 1.98. The van der Waals surface area contributed by atoms with E-state index in [4.69, 9.17) is 0 Å². The van der Waals surface area contributed by atoms with Crippen LogP contribution in [-0.2, 0) is 9.84 Å². The molecule has 1 aromatic carbocycles. The topological polar surface area (TPSA) is 46.2 Å². The Morgan fingerprint density at radius 2 is 1.89 bits per heavy atom. The van der Waals surface area contributed by atoms with Crippen LogP contribution < -0.4 is 5.32 Å². The Morgan fingerprint density at radius 3 is 2.44 bits per heavy atom. The van der Waals surface area contributed by atoms with Gasteiger partial charge in [-0.3, -0.25) is 0 Å². The molecule has 0 bridgehead atoms. The molecule has 0 atom stereocenters. The van der Waals surface area contributed by atoms with Crippen LogP contribution >= 0.6 is 15.9 Å². The summed E-state index contributed by atoms with van der Waals surface area (Å²) in [4.78, 5) is 0. The maximum atomic E-state index is 13.3. The van der Waals surface area contributed by atoms with Crippen molar-refractivity contribution in [3.8, 4) is 0 Å². The van der Waals surface area contributed by atoms with Crippen molar-refractivity contribution in [3.05, 3.63) is 28.2 Å². The third-order valence-corrected chi connectivity index (χ3v) is 5.25. The summed E-state index contributed by atoms with van der Waals surface area (Å²) in [5.74, 6) is -1.55. The van der Waals surface area contributed by atoms with Gasteiger partial charge in [0.05, 0.1) is 21.2 Å². The number of sulfone groups is 1. The summed E-state index contributed by atoms with van der Waals surface area (Å²) in [7, 11) is -3.17. The zero-order valence-electron chi connectivity index (χ0n) is 10.0. The van der Waals surface area contributed by atoms with Crippen molar-refractivity contribution < 1.29 is 17.2 Å². The minimum absolute atomic E-state index is 0.0715. The minimum Gasteiger partial charge on any atom is -0.382 e. The molecule has 0 unspecified atom stereocenters. The van der Waals surface area contributed by atoms with Crippen molar-refractivity contribution in [1.29, 1.82) is 0 Å². The Hall–Kier alpha value is -0.690. The lowest BCUT2D eigenvalue weighted by Gasteiger charge is -2.10. The molecule has 0 aliphatic carbocycles. The molecule has 3 nitrogen and oxygen atoms in total. The number of hydrogen-bond donors (Lipinski definition) is 1. The summed E-state index contributed by atoms with van der Waals surface area (Å²) in [6.45, 7) is 3.25. The van der Waals surface area contributed by atoms with Crippen LogP contribution in [0.5, 0.6) is 0 Å². The molecule has 0 aromatic heterocycles. The second kappa shape index (κ2) is 5.97. The van der Waals surface area contributed by atoms with E-state index in [1.807, 2.05) is 0 Å². The maximum Gasteiger partial charge on any atom is 0.154 e. The summed E-state index contributed by atoms with van der Waals surface area (Å²) in [6.07, 6.45) is 0. The zero-order valence-corrected chi connectivity index (χ0v) is 12.4. The highest BCUT2D eigenvalue weighted by atomic mass is 79.9. The molecular formula is C11H14BrF2NO2S. The zero-order chi connectivity index (χ0) is 13.9. The van der Waals surface area contributed by atoms with E-state index in [2.05, 4.69) is 21.2 Å². The molecular weight excluding hydrogens is 328 g/mol. The first kappa shape index (κ1) is 15.4. The Bertz CT molecular complexity index is 532. The minimum atomic E-state index is -3.17. The van der Waals surface area contributed by atoms with Crippen molar-refractivity contribution in [2.24, 2.45) is 0 Å². The van der Waals surface area contributed by atoms with Gasteiger partial charge in [0, 0.05) is 12.6 Å². The van der Waals surface area contributed by atoms with Gasteiger partial charge in [-0.1, -0.05) is 0 Å². The van der Waals surface area contributed by atoms with Gasteiger partial charge in [-0.25, -0.2) is 17.2 Å². The van der Waals surface area contributed by atoms with E-state index >= 15 is 0 Å². The van der Waals surface area contributed by atoms with E-state index in [1.165, 1.54) is 6.07 Å². The van der Waals surface area contributed by atoms with Crippen LogP contribution in [0, 0.1) is 11.6 Å². The lowest BCUT2D eigenvalue weighted by molar-refractivity contribution is 0.579. The standard InChI is InChI=1S/C11H14BrF2NO2S/c1-7(2)18(16,17)4-3-15-11-5-8(12)9(13)6-10(11)14/h5-7,15H,3-4H2,1-2H3. The van der Waals surface area contributed by atoms with Gasteiger partial charge < -0.3 is 5.32 Å². The normalized spacial score (nSPS) is 11.9. The summed E-state index contributed by atoms with van der Waals surface area (Å²) in [5, 5.41) is 2.17. The molecule has 0 aliphatic rings. The van der Waals surface area contributed by atoms with Gasteiger partial charge in [-0.15, -0.1) is 0 Å². The van der Waals surface area contributed by atoms with Crippen LogP contribution in [0.4, 0.5) is 14.5 Å². The van der Waals surface area contributed by atoms with Gasteiger partial charge in [0.15, 0.2) is 9.84 Å². The first-order valence-corrected chi connectivity index (χ1v) is 7.85. The number of anilines is 1. The number of hydrogen-bond acceptors (Lipinski definition) is 3. The molecule has 1 rings (SSSR count). The first-order valence-electron chi connectivity index (χ1n) is 5.34.